The second-order valence-corrected chi connectivity index (χ2v) is 5.92. The molecule has 2 aromatic heterocycles. The molecule has 0 bridgehead atoms. The van der Waals surface area contributed by atoms with Gasteiger partial charge in [0.05, 0.1) is 24.4 Å². The molecule has 0 aliphatic heterocycles. The maximum atomic E-state index is 12.1. The van der Waals surface area contributed by atoms with E-state index in [9.17, 15) is 9.59 Å². The normalized spacial score (nSPS) is 11.6. The number of hydrogen-bond donors (Lipinski definition) is 2. The first-order chi connectivity index (χ1) is 10.5. The van der Waals surface area contributed by atoms with Crippen LogP contribution in [0.2, 0.25) is 0 Å². The summed E-state index contributed by atoms with van der Waals surface area (Å²) in [5, 5.41) is 5.93. The van der Waals surface area contributed by atoms with Gasteiger partial charge in [0.1, 0.15) is 5.00 Å². The lowest BCUT2D eigenvalue weighted by atomic mass is 10.2. The van der Waals surface area contributed by atoms with Gasteiger partial charge in [0, 0.05) is 11.1 Å². The molecule has 0 aliphatic carbocycles. The van der Waals surface area contributed by atoms with E-state index in [0.717, 1.165) is 10.6 Å². The van der Waals surface area contributed by atoms with E-state index in [0.29, 0.717) is 10.6 Å². The number of rotatable bonds is 4. The van der Waals surface area contributed by atoms with Crippen LogP contribution in [-0.2, 0) is 4.74 Å². The van der Waals surface area contributed by atoms with E-state index in [4.69, 9.17) is 4.74 Å². The zero-order chi connectivity index (χ0) is 16.1. The van der Waals surface area contributed by atoms with Gasteiger partial charge in [0.15, 0.2) is 0 Å². The van der Waals surface area contributed by atoms with Crippen molar-refractivity contribution in [2.75, 3.05) is 12.4 Å². The first-order valence-corrected chi connectivity index (χ1v) is 7.50. The van der Waals surface area contributed by atoms with E-state index in [1.54, 1.807) is 12.3 Å². The molecule has 0 fully saturated rings. The minimum atomic E-state index is -0.475. The molecular weight excluding hydrogens is 302 g/mol. The summed E-state index contributed by atoms with van der Waals surface area (Å²) in [4.78, 5) is 28.8. The van der Waals surface area contributed by atoms with Crippen LogP contribution in [0.4, 0.5) is 9.80 Å². The summed E-state index contributed by atoms with van der Waals surface area (Å²) < 4.78 is 4.71. The number of nitrogens with one attached hydrogen (secondary N) is 2. The number of nitrogens with zero attached hydrogens (tertiary/aromatic N) is 1. The maximum Gasteiger partial charge on any atom is 0.340 e. The Morgan fingerprint density at radius 2 is 2.14 bits per heavy atom. The molecule has 0 aromatic carbocycles. The zero-order valence-electron chi connectivity index (χ0n) is 12.5. The number of hydrogen-bond acceptors (Lipinski definition) is 5. The molecule has 116 valence electrons. The third-order valence-corrected chi connectivity index (χ3v) is 3.93. The average Bonchev–Trinajstić information content (AvgIpc) is 2.87. The molecule has 0 spiro atoms. The lowest BCUT2D eigenvalue weighted by Crippen LogP contribution is -2.31. The second kappa shape index (κ2) is 7.04. The Morgan fingerprint density at radius 1 is 1.36 bits per heavy atom. The monoisotopic (exact) mass is 319 g/mol. The van der Waals surface area contributed by atoms with Gasteiger partial charge in [-0.2, -0.15) is 0 Å². The molecule has 7 heteroatoms. The van der Waals surface area contributed by atoms with Crippen molar-refractivity contribution < 1.29 is 14.3 Å². The molecular formula is C15H17N3O3S. The van der Waals surface area contributed by atoms with Crippen LogP contribution in [0.3, 0.4) is 0 Å². The quantitative estimate of drug-likeness (QED) is 0.849. The highest BCUT2D eigenvalue weighted by Gasteiger charge is 2.18. The van der Waals surface area contributed by atoms with Gasteiger partial charge in [-0.15, -0.1) is 11.3 Å². The minimum Gasteiger partial charge on any atom is -0.465 e. The smallest absolute Gasteiger partial charge is 0.340 e. The van der Waals surface area contributed by atoms with Crippen molar-refractivity contribution in [2.24, 2.45) is 0 Å². The number of aryl methyl sites for hydroxylation is 1. The Hall–Kier alpha value is -2.41. The number of amides is 2. The van der Waals surface area contributed by atoms with E-state index in [1.807, 2.05) is 32.0 Å². The Bertz CT molecular complexity index is 670. The number of thiophene rings is 1. The predicted octanol–water partition coefficient (Wildman–Crippen LogP) is 3.12. The molecule has 22 heavy (non-hydrogen) atoms. The van der Waals surface area contributed by atoms with Gasteiger partial charge in [-0.3, -0.25) is 10.3 Å². The van der Waals surface area contributed by atoms with Crippen LogP contribution in [0.25, 0.3) is 0 Å². The SMILES string of the molecule is COC(=O)c1cc(C)sc1NC(=O)N[C@@H](C)c1ccccn1. The standard InChI is InChI=1S/C15H17N3O3S/c1-9-8-11(14(19)21-3)13(22-9)18-15(20)17-10(2)12-6-4-5-7-16-12/h4-8,10H,1-3H3,(H2,17,18,20)/t10-/m0/s1. The molecule has 1 atom stereocenters. The van der Waals surface area contributed by atoms with Crippen molar-refractivity contribution in [1.29, 1.82) is 0 Å². The fourth-order valence-corrected chi connectivity index (χ4v) is 2.81. The van der Waals surface area contributed by atoms with Crippen LogP contribution >= 0.6 is 11.3 Å². The van der Waals surface area contributed by atoms with E-state index >= 15 is 0 Å². The van der Waals surface area contributed by atoms with Crippen molar-refractivity contribution in [1.82, 2.24) is 10.3 Å². The first kappa shape index (κ1) is 16.0. The third kappa shape index (κ3) is 3.82. The fourth-order valence-electron chi connectivity index (χ4n) is 1.91. The summed E-state index contributed by atoms with van der Waals surface area (Å²) in [6.45, 7) is 3.69. The first-order valence-electron chi connectivity index (χ1n) is 6.68. The van der Waals surface area contributed by atoms with E-state index in [1.165, 1.54) is 18.4 Å². The molecule has 2 heterocycles. The average molecular weight is 319 g/mol. The molecule has 2 rings (SSSR count). The van der Waals surface area contributed by atoms with Crippen molar-refractivity contribution in [3.05, 3.63) is 46.6 Å². The van der Waals surface area contributed by atoms with Crippen LogP contribution in [0.15, 0.2) is 30.5 Å². The van der Waals surface area contributed by atoms with Crippen molar-refractivity contribution in [2.45, 2.75) is 19.9 Å². The van der Waals surface area contributed by atoms with Gasteiger partial charge in [-0.1, -0.05) is 6.07 Å². The zero-order valence-corrected chi connectivity index (χ0v) is 13.4. The van der Waals surface area contributed by atoms with Crippen LogP contribution < -0.4 is 10.6 Å². The van der Waals surface area contributed by atoms with Gasteiger partial charge in [0.2, 0.25) is 0 Å². The Labute approximate surface area is 132 Å². The van der Waals surface area contributed by atoms with Crippen LogP contribution in [0.1, 0.15) is 33.9 Å². The number of pyridine rings is 1. The molecule has 2 amide bonds. The molecule has 6 nitrogen and oxygen atoms in total. The summed E-state index contributed by atoms with van der Waals surface area (Å²) in [5.41, 5.74) is 1.11. The van der Waals surface area contributed by atoms with Gasteiger partial charge >= 0.3 is 12.0 Å². The number of esters is 1. The second-order valence-electron chi connectivity index (χ2n) is 4.67. The molecule has 0 saturated carbocycles. The summed E-state index contributed by atoms with van der Waals surface area (Å²) in [6.07, 6.45) is 1.67. The Morgan fingerprint density at radius 3 is 2.77 bits per heavy atom. The number of aromatic nitrogens is 1. The van der Waals surface area contributed by atoms with Crippen LogP contribution in [-0.4, -0.2) is 24.1 Å². The highest BCUT2D eigenvalue weighted by Crippen LogP contribution is 2.28. The fraction of sp³-hybridized carbons (Fsp3) is 0.267. The summed E-state index contributed by atoms with van der Waals surface area (Å²) in [7, 11) is 1.31. The number of carbonyl (C=O) groups is 2. The summed E-state index contributed by atoms with van der Waals surface area (Å²) in [5.74, 6) is -0.475. The largest absolute Gasteiger partial charge is 0.465 e. The van der Waals surface area contributed by atoms with Gasteiger partial charge in [0.25, 0.3) is 0 Å². The topological polar surface area (TPSA) is 80.3 Å². The molecule has 2 aromatic rings. The maximum absolute atomic E-state index is 12.1. The lowest BCUT2D eigenvalue weighted by molar-refractivity contribution is 0.0602. The number of carbonyl (C=O) groups excluding carboxylic acids is 2. The minimum absolute atomic E-state index is 0.246. The highest BCUT2D eigenvalue weighted by atomic mass is 32.1. The molecule has 0 unspecified atom stereocenters. The number of ether oxygens (including phenoxy) is 1. The third-order valence-electron chi connectivity index (χ3n) is 2.97. The molecule has 2 N–H and O–H groups in total. The number of urea groups is 1. The molecule has 0 aliphatic rings. The molecule has 0 radical (unpaired) electrons. The Balaban J connectivity index is 2.05. The van der Waals surface area contributed by atoms with Crippen LogP contribution in [0, 0.1) is 6.92 Å². The lowest BCUT2D eigenvalue weighted by Gasteiger charge is -2.13. The van der Waals surface area contributed by atoms with Crippen molar-refractivity contribution in [3.8, 4) is 0 Å². The molecule has 0 saturated heterocycles. The van der Waals surface area contributed by atoms with E-state index in [2.05, 4.69) is 15.6 Å². The van der Waals surface area contributed by atoms with Crippen LogP contribution in [0.5, 0.6) is 0 Å². The van der Waals surface area contributed by atoms with Gasteiger partial charge in [-0.25, -0.2) is 9.59 Å². The summed E-state index contributed by atoms with van der Waals surface area (Å²) >= 11 is 1.32. The van der Waals surface area contributed by atoms with Gasteiger partial charge in [-0.05, 0) is 32.0 Å². The Kier molecular flexibility index (Phi) is 5.11. The number of anilines is 1. The number of methoxy groups -OCH3 is 1. The van der Waals surface area contributed by atoms with E-state index < -0.39 is 12.0 Å². The van der Waals surface area contributed by atoms with Gasteiger partial charge < -0.3 is 10.1 Å². The van der Waals surface area contributed by atoms with Crippen molar-refractivity contribution in [3.63, 3.8) is 0 Å². The predicted molar refractivity (Wildman–Crippen MR) is 85.2 cm³/mol. The summed E-state index contributed by atoms with van der Waals surface area (Å²) in [6, 6.07) is 6.55. The van der Waals surface area contributed by atoms with Crippen molar-refractivity contribution >= 4 is 28.3 Å². The highest BCUT2D eigenvalue weighted by molar-refractivity contribution is 7.16. The van der Waals surface area contributed by atoms with E-state index in [-0.39, 0.29) is 6.04 Å².